The van der Waals surface area contributed by atoms with Gasteiger partial charge in [-0.3, -0.25) is 4.79 Å². The van der Waals surface area contributed by atoms with Gasteiger partial charge in [-0.25, -0.2) is 0 Å². The van der Waals surface area contributed by atoms with E-state index in [1.807, 2.05) is 0 Å². The number of carbonyl (C=O) groups excluding carboxylic acids is 1. The molecule has 3 aliphatic heterocycles. The number of piperidine rings is 1. The van der Waals surface area contributed by atoms with E-state index in [1.54, 1.807) is 0 Å². The Labute approximate surface area is 133 Å². The minimum Gasteiger partial charge on any atom is -0.312 e. The van der Waals surface area contributed by atoms with Crippen LogP contribution in [0.1, 0.15) is 56.9 Å². The number of hydrogen-bond donors (Lipinski definition) is 1. The lowest BCUT2D eigenvalue weighted by molar-refractivity contribution is -0.119. The third-order valence-electron chi connectivity index (χ3n) is 5.88. The summed E-state index contributed by atoms with van der Waals surface area (Å²) in [4.78, 5) is 14.9. The van der Waals surface area contributed by atoms with Gasteiger partial charge in [-0.05, 0) is 55.6 Å². The van der Waals surface area contributed by atoms with Gasteiger partial charge < -0.3 is 10.2 Å². The lowest BCUT2D eigenvalue weighted by atomic mass is 9.87. The third-order valence-corrected chi connectivity index (χ3v) is 5.88. The Kier molecular flexibility index (Phi) is 3.69. The van der Waals surface area contributed by atoms with Crippen molar-refractivity contribution in [2.24, 2.45) is 5.92 Å². The zero-order valence-corrected chi connectivity index (χ0v) is 13.4. The van der Waals surface area contributed by atoms with Gasteiger partial charge in [0, 0.05) is 30.7 Å². The molecule has 2 bridgehead atoms. The summed E-state index contributed by atoms with van der Waals surface area (Å²) in [6.07, 6.45) is 6.80. The molecular formula is C19H26N2O. The van der Waals surface area contributed by atoms with Crippen LogP contribution in [0.5, 0.6) is 0 Å². The van der Waals surface area contributed by atoms with Crippen molar-refractivity contribution in [3.63, 3.8) is 0 Å². The molecule has 1 aromatic rings. The molecule has 3 atom stereocenters. The topological polar surface area (TPSA) is 32.3 Å². The normalized spacial score (nSPS) is 33.6. The molecule has 1 amide bonds. The van der Waals surface area contributed by atoms with Crippen LogP contribution in [0.2, 0.25) is 0 Å². The highest BCUT2D eigenvalue weighted by atomic mass is 16.2. The van der Waals surface area contributed by atoms with E-state index in [9.17, 15) is 4.79 Å². The number of benzene rings is 1. The van der Waals surface area contributed by atoms with E-state index in [1.165, 1.54) is 31.2 Å². The Morgan fingerprint density at radius 1 is 1.18 bits per heavy atom. The number of nitrogens with one attached hydrogen (secondary N) is 1. The van der Waals surface area contributed by atoms with Gasteiger partial charge in [0.15, 0.2) is 0 Å². The van der Waals surface area contributed by atoms with Crippen molar-refractivity contribution in [1.29, 1.82) is 0 Å². The van der Waals surface area contributed by atoms with Gasteiger partial charge in [0.1, 0.15) is 0 Å². The molecule has 3 nitrogen and oxygen atoms in total. The quantitative estimate of drug-likeness (QED) is 0.907. The predicted molar refractivity (Wildman–Crippen MR) is 89.1 cm³/mol. The van der Waals surface area contributed by atoms with Crippen molar-refractivity contribution in [3.05, 3.63) is 29.8 Å². The van der Waals surface area contributed by atoms with Crippen LogP contribution in [0.3, 0.4) is 0 Å². The molecular weight excluding hydrogens is 272 g/mol. The van der Waals surface area contributed by atoms with Crippen LogP contribution >= 0.6 is 0 Å². The second-order valence-corrected chi connectivity index (χ2v) is 7.47. The summed E-state index contributed by atoms with van der Waals surface area (Å²) < 4.78 is 0. The molecule has 3 aliphatic rings. The number of nitrogens with zero attached hydrogens (tertiary/aromatic N) is 1. The monoisotopic (exact) mass is 298 g/mol. The molecule has 22 heavy (non-hydrogen) atoms. The van der Waals surface area contributed by atoms with E-state index in [0.717, 1.165) is 25.1 Å². The number of amides is 1. The molecule has 0 saturated carbocycles. The number of para-hydroxylation sites is 1. The predicted octanol–water partition coefficient (Wildman–Crippen LogP) is 3.45. The number of anilines is 1. The van der Waals surface area contributed by atoms with Crippen molar-refractivity contribution in [3.8, 4) is 0 Å². The first-order valence-corrected chi connectivity index (χ1v) is 8.86. The van der Waals surface area contributed by atoms with Gasteiger partial charge in [-0.15, -0.1) is 0 Å². The Morgan fingerprint density at radius 3 is 2.68 bits per heavy atom. The third kappa shape index (κ3) is 2.56. The van der Waals surface area contributed by atoms with Crippen LogP contribution in [0, 0.1) is 5.92 Å². The maximum atomic E-state index is 12.9. The summed E-state index contributed by atoms with van der Waals surface area (Å²) in [7, 11) is 0. The van der Waals surface area contributed by atoms with Crippen molar-refractivity contribution in [1.82, 2.24) is 5.32 Å². The first kappa shape index (κ1) is 14.3. The molecule has 0 radical (unpaired) electrons. The van der Waals surface area contributed by atoms with Crippen LogP contribution in [0.4, 0.5) is 5.69 Å². The average molecular weight is 298 g/mol. The summed E-state index contributed by atoms with van der Waals surface area (Å²) in [5, 5.41) is 3.67. The summed E-state index contributed by atoms with van der Waals surface area (Å²) in [5.41, 5.74) is 2.50. The van der Waals surface area contributed by atoms with Gasteiger partial charge in [-0.1, -0.05) is 25.1 Å². The van der Waals surface area contributed by atoms with E-state index in [4.69, 9.17) is 0 Å². The number of carbonyl (C=O) groups is 1. The molecule has 2 saturated heterocycles. The number of fused-ring (bicyclic) bond motifs is 3. The fourth-order valence-corrected chi connectivity index (χ4v) is 4.71. The van der Waals surface area contributed by atoms with Gasteiger partial charge in [-0.2, -0.15) is 0 Å². The average Bonchev–Trinajstić information content (AvgIpc) is 2.86. The van der Waals surface area contributed by atoms with E-state index < -0.39 is 0 Å². The molecule has 1 N–H and O–H groups in total. The Balaban J connectivity index is 1.48. The summed E-state index contributed by atoms with van der Waals surface area (Å²) in [5.74, 6) is 1.48. The first-order chi connectivity index (χ1) is 10.7. The van der Waals surface area contributed by atoms with E-state index in [0.29, 0.717) is 29.8 Å². The molecule has 3 unspecified atom stereocenters. The number of hydrogen-bond acceptors (Lipinski definition) is 2. The molecule has 0 spiro atoms. The second kappa shape index (κ2) is 5.69. The maximum Gasteiger partial charge on any atom is 0.227 e. The summed E-state index contributed by atoms with van der Waals surface area (Å²) in [6.45, 7) is 3.15. The van der Waals surface area contributed by atoms with Crippen LogP contribution < -0.4 is 10.2 Å². The Bertz CT molecular complexity index is 558. The zero-order chi connectivity index (χ0) is 15.1. The first-order valence-electron chi connectivity index (χ1n) is 8.86. The molecule has 1 aromatic carbocycles. The van der Waals surface area contributed by atoms with Crippen molar-refractivity contribution >= 4 is 11.6 Å². The lowest BCUT2D eigenvalue weighted by Crippen LogP contribution is -2.41. The second-order valence-electron chi connectivity index (χ2n) is 7.47. The molecule has 3 heteroatoms. The highest BCUT2D eigenvalue weighted by Crippen LogP contribution is 2.37. The molecule has 2 fully saturated rings. The van der Waals surface area contributed by atoms with Crippen LogP contribution in [-0.2, 0) is 4.79 Å². The van der Waals surface area contributed by atoms with E-state index in [2.05, 4.69) is 41.4 Å². The van der Waals surface area contributed by atoms with Gasteiger partial charge >= 0.3 is 0 Å². The van der Waals surface area contributed by atoms with Gasteiger partial charge in [0.25, 0.3) is 0 Å². The fourth-order valence-electron chi connectivity index (χ4n) is 4.71. The fraction of sp³-hybridized carbons (Fsp3) is 0.632. The molecule has 3 heterocycles. The Hall–Kier alpha value is -1.35. The number of rotatable bonds is 2. The largest absolute Gasteiger partial charge is 0.312 e. The molecule has 118 valence electrons. The van der Waals surface area contributed by atoms with Gasteiger partial charge in [0.05, 0.1) is 0 Å². The molecule has 4 rings (SSSR count). The molecule has 0 aliphatic carbocycles. The van der Waals surface area contributed by atoms with Crippen LogP contribution in [0.15, 0.2) is 24.3 Å². The maximum absolute atomic E-state index is 12.9. The lowest BCUT2D eigenvalue weighted by Gasteiger charge is -2.35. The van der Waals surface area contributed by atoms with Crippen LogP contribution in [0.25, 0.3) is 0 Å². The SMILES string of the molecule is CC1CCN(C(=O)CC2CC3CCC(C2)N3)c2ccccc21. The standard InChI is InChI=1S/C19H26N2O/c1-13-8-9-21(18-5-3-2-4-17(13)18)19(22)12-14-10-15-6-7-16(11-14)20-15/h2-5,13-16,20H,6-12H2,1H3. The van der Waals surface area contributed by atoms with Crippen molar-refractivity contribution in [2.45, 2.75) is 63.5 Å². The van der Waals surface area contributed by atoms with E-state index >= 15 is 0 Å². The summed E-state index contributed by atoms with van der Waals surface area (Å²) in [6, 6.07) is 9.80. The van der Waals surface area contributed by atoms with Crippen molar-refractivity contribution in [2.75, 3.05) is 11.4 Å². The van der Waals surface area contributed by atoms with Crippen molar-refractivity contribution < 1.29 is 4.79 Å². The minimum atomic E-state index is 0.339. The highest BCUT2D eigenvalue weighted by Gasteiger charge is 2.35. The zero-order valence-electron chi connectivity index (χ0n) is 13.4. The highest BCUT2D eigenvalue weighted by molar-refractivity contribution is 5.94. The van der Waals surface area contributed by atoms with Crippen LogP contribution in [-0.4, -0.2) is 24.5 Å². The minimum absolute atomic E-state index is 0.339. The smallest absolute Gasteiger partial charge is 0.227 e. The molecule has 0 aromatic heterocycles. The summed E-state index contributed by atoms with van der Waals surface area (Å²) >= 11 is 0. The van der Waals surface area contributed by atoms with E-state index in [-0.39, 0.29) is 0 Å². The Morgan fingerprint density at radius 2 is 1.91 bits per heavy atom. The van der Waals surface area contributed by atoms with Gasteiger partial charge in [0.2, 0.25) is 5.91 Å².